The Morgan fingerprint density at radius 2 is 2.00 bits per heavy atom. The van der Waals surface area contributed by atoms with Crippen molar-refractivity contribution in [2.45, 2.75) is 24.7 Å². The summed E-state index contributed by atoms with van der Waals surface area (Å²) in [7, 11) is -2.03. The van der Waals surface area contributed by atoms with Crippen LogP contribution < -0.4 is 0 Å². The number of hydrogen-bond acceptors (Lipinski definition) is 5. The molecule has 1 aliphatic heterocycles. The number of carbonyl (C=O) groups is 1. The zero-order valence-electron chi connectivity index (χ0n) is 12.5. The van der Waals surface area contributed by atoms with Crippen LogP contribution in [0.15, 0.2) is 42.0 Å². The lowest BCUT2D eigenvalue weighted by Crippen LogP contribution is -2.17. The Balaban J connectivity index is 1.76. The van der Waals surface area contributed by atoms with Crippen LogP contribution in [0.4, 0.5) is 0 Å². The fourth-order valence-corrected chi connectivity index (χ4v) is 4.13. The van der Waals surface area contributed by atoms with E-state index >= 15 is 0 Å². The third kappa shape index (κ3) is 4.42. The van der Waals surface area contributed by atoms with Crippen LogP contribution in [0.5, 0.6) is 0 Å². The lowest BCUT2D eigenvalue weighted by Gasteiger charge is -2.08. The van der Waals surface area contributed by atoms with Crippen molar-refractivity contribution in [2.75, 3.05) is 19.5 Å². The summed E-state index contributed by atoms with van der Waals surface area (Å²) in [5, 5.41) is -0.609. The molecule has 0 N–H and O–H groups in total. The van der Waals surface area contributed by atoms with E-state index in [-0.39, 0.29) is 11.3 Å². The Kier molecular flexibility index (Phi) is 5.74. The molecule has 1 unspecified atom stereocenters. The summed E-state index contributed by atoms with van der Waals surface area (Å²) < 4.78 is 34.1. The largest absolute Gasteiger partial charge is 0.466 e. The standard InChI is InChI=1S/C16H20O5S/c1-20-16(17)14-10-15(22(18,19)12-14)8-5-9-21-11-13-6-3-2-4-7-13/h2-4,6-7,10,15H,5,8-9,11-12H2,1H3. The van der Waals surface area contributed by atoms with Gasteiger partial charge in [-0.3, -0.25) is 0 Å². The lowest BCUT2D eigenvalue weighted by molar-refractivity contribution is -0.135. The third-order valence-electron chi connectivity index (χ3n) is 3.54. The number of sulfone groups is 1. The van der Waals surface area contributed by atoms with E-state index < -0.39 is 21.1 Å². The maximum Gasteiger partial charge on any atom is 0.334 e. The summed E-state index contributed by atoms with van der Waals surface area (Å²) in [5.74, 6) is -0.790. The minimum atomic E-state index is -3.28. The minimum absolute atomic E-state index is 0.227. The van der Waals surface area contributed by atoms with Gasteiger partial charge in [-0.15, -0.1) is 0 Å². The van der Waals surface area contributed by atoms with Crippen LogP contribution in [-0.2, 0) is 30.7 Å². The predicted molar refractivity (Wildman–Crippen MR) is 83.0 cm³/mol. The molecule has 1 atom stereocenters. The van der Waals surface area contributed by atoms with Crippen molar-refractivity contribution < 1.29 is 22.7 Å². The highest BCUT2D eigenvalue weighted by atomic mass is 32.2. The molecule has 0 spiro atoms. The second-order valence-electron chi connectivity index (χ2n) is 5.21. The summed E-state index contributed by atoms with van der Waals surface area (Å²) in [4.78, 5) is 11.4. The molecule has 1 aliphatic rings. The van der Waals surface area contributed by atoms with Gasteiger partial charge in [-0.25, -0.2) is 13.2 Å². The van der Waals surface area contributed by atoms with Crippen LogP contribution in [0.3, 0.4) is 0 Å². The van der Waals surface area contributed by atoms with Gasteiger partial charge in [-0.2, -0.15) is 0 Å². The molecule has 2 rings (SSSR count). The fourth-order valence-electron chi connectivity index (χ4n) is 2.37. The van der Waals surface area contributed by atoms with E-state index in [9.17, 15) is 13.2 Å². The molecule has 0 bridgehead atoms. The van der Waals surface area contributed by atoms with Crippen LogP contribution in [0.25, 0.3) is 0 Å². The molecule has 0 saturated heterocycles. The van der Waals surface area contributed by atoms with Crippen LogP contribution >= 0.6 is 0 Å². The van der Waals surface area contributed by atoms with Gasteiger partial charge in [0.05, 0.1) is 24.7 Å². The van der Waals surface area contributed by atoms with Gasteiger partial charge in [0.1, 0.15) is 0 Å². The molecule has 5 nitrogen and oxygen atoms in total. The van der Waals surface area contributed by atoms with Crippen molar-refractivity contribution in [3.05, 3.63) is 47.5 Å². The van der Waals surface area contributed by atoms with E-state index in [0.29, 0.717) is 26.1 Å². The summed E-state index contributed by atoms with van der Waals surface area (Å²) in [6, 6.07) is 9.80. The van der Waals surface area contributed by atoms with E-state index in [1.54, 1.807) is 0 Å². The maximum atomic E-state index is 12.0. The lowest BCUT2D eigenvalue weighted by atomic mass is 10.2. The number of carbonyl (C=O) groups excluding carboxylic acids is 1. The molecule has 0 radical (unpaired) electrons. The number of rotatable bonds is 7. The van der Waals surface area contributed by atoms with Gasteiger partial charge < -0.3 is 9.47 Å². The zero-order chi connectivity index (χ0) is 16.0. The fraction of sp³-hybridized carbons (Fsp3) is 0.438. The maximum absolute atomic E-state index is 12.0. The van der Waals surface area contributed by atoms with Gasteiger partial charge in [-0.1, -0.05) is 36.4 Å². The highest BCUT2D eigenvalue weighted by Crippen LogP contribution is 2.23. The Morgan fingerprint density at radius 3 is 2.68 bits per heavy atom. The number of esters is 1. The summed E-state index contributed by atoms with van der Waals surface area (Å²) in [5.41, 5.74) is 1.32. The first-order chi connectivity index (χ1) is 10.5. The van der Waals surface area contributed by atoms with E-state index in [1.807, 2.05) is 30.3 Å². The molecule has 1 aromatic rings. The Morgan fingerprint density at radius 1 is 1.27 bits per heavy atom. The van der Waals surface area contributed by atoms with Gasteiger partial charge in [0, 0.05) is 12.2 Å². The van der Waals surface area contributed by atoms with Gasteiger partial charge in [0.15, 0.2) is 9.84 Å². The topological polar surface area (TPSA) is 69.7 Å². The van der Waals surface area contributed by atoms with Gasteiger partial charge in [0.2, 0.25) is 0 Å². The molecule has 22 heavy (non-hydrogen) atoms. The first-order valence-electron chi connectivity index (χ1n) is 7.15. The van der Waals surface area contributed by atoms with Crippen LogP contribution in [0.2, 0.25) is 0 Å². The Bertz CT molecular complexity index is 634. The van der Waals surface area contributed by atoms with Crippen molar-refractivity contribution in [1.82, 2.24) is 0 Å². The third-order valence-corrected chi connectivity index (χ3v) is 5.55. The average Bonchev–Trinajstić information content (AvgIpc) is 2.82. The summed E-state index contributed by atoms with van der Waals surface area (Å²) in [6.45, 7) is 1.00. The molecule has 1 aromatic carbocycles. The molecular weight excluding hydrogens is 304 g/mol. The highest BCUT2D eigenvalue weighted by Gasteiger charge is 2.34. The number of ether oxygens (including phenoxy) is 2. The molecule has 0 aliphatic carbocycles. The average molecular weight is 324 g/mol. The predicted octanol–water partition coefficient (Wildman–Crippen LogP) is 1.88. The Hall–Kier alpha value is -1.66. The second-order valence-corrected chi connectivity index (χ2v) is 7.43. The molecule has 6 heteroatoms. The van der Waals surface area contributed by atoms with Crippen LogP contribution in [0, 0.1) is 0 Å². The molecule has 0 fully saturated rings. The monoisotopic (exact) mass is 324 g/mol. The first-order valence-corrected chi connectivity index (χ1v) is 8.87. The molecule has 120 valence electrons. The summed E-state index contributed by atoms with van der Waals surface area (Å²) >= 11 is 0. The van der Waals surface area contributed by atoms with Gasteiger partial charge >= 0.3 is 5.97 Å². The van der Waals surface area contributed by atoms with Gasteiger partial charge in [-0.05, 0) is 18.4 Å². The van der Waals surface area contributed by atoms with Crippen molar-refractivity contribution >= 4 is 15.8 Å². The highest BCUT2D eigenvalue weighted by molar-refractivity contribution is 7.92. The summed E-state index contributed by atoms with van der Waals surface area (Å²) in [6.07, 6.45) is 2.59. The zero-order valence-corrected chi connectivity index (χ0v) is 13.3. The van der Waals surface area contributed by atoms with E-state index in [4.69, 9.17) is 4.74 Å². The first kappa shape index (κ1) is 16.7. The molecule has 0 amide bonds. The van der Waals surface area contributed by atoms with E-state index in [2.05, 4.69) is 4.74 Å². The van der Waals surface area contributed by atoms with Crippen molar-refractivity contribution in [3.63, 3.8) is 0 Å². The smallest absolute Gasteiger partial charge is 0.334 e. The number of methoxy groups -OCH3 is 1. The molecular formula is C16H20O5S. The SMILES string of the molecule is COC(=O)C1=CC(CCCOCc2ccccc2)S(=O)(=O)C1. The van der Waals surface area contributed by atoms with Crippen LogP contribution in [0.1, 0.15) is 18.4 Å². The van der Waals surface area contributed by atoms with Gasteiger partial charge in [0.25, 0.3) is 0 Å². The Labute approximate surface area is 130 Å². The second kappa shape index (κ2) is 7.56. The van der Waals surface area contributed by atoms with Crippen molar-refractivity contribution in [3.8, 4) is 0 Å². The molecule has 1 heterocycles. The normalized spacial score (nSPS) is 19.7. The van der Waals surface area contributed by atoms with Crippen molar-refractivity contribution in [1.29, 1.82) is 0 Å². The minimum Gasteiger partial charge on any atom is -0.466 e. The molecule has 0 saturated carbocycles. The van der Waals surface area contributed by atoms with Crippen molar-refractivity contribution in [2.24, 2.45) is 0 Å². The van der Waals surface area contributed by atoms with E-state index in [0.717, 1.165) is 5.56 Å². The molecule has 0 aromatic heterocycles. The van der Waals surface area contributed by atoms with E-state index in [1.165, 1.54) is 13.2 Å². The number of hydrogen-bond donors (Lipinski definition) is 0. The van der Waals surface area contributed by atoms with Crippen LogP contribution in [-0.4, -0.2) is 39.1 Å². The quantitative estimate of drug-likeness (QED) is 0.566. The number of benzene rings is 1.